The van der Waals surface area contributed by atoms with E-state index in [2.05, 4.69) is 45.6 Å². The minimum Gasteiger partial charge on any atom is -0.241 e. The molecule has 1 fully saturated rings. The van der Waals surface area contributed by atoms with E-state index in [1.54, 1.807) is 11.3 Å². The van der Waals surface area contributed by atoms with Crippen LogP contribution in [0.1, 0.15) is 24.3 Å². The Morgan fingerprint density at radius 2 is 2.06 bits per heavy atom. The van der Waals surface area contributed by atoms with Gasteiger partial charge in [0, 0.05) is 22.2 Å². The lowest BCUT2D eigenvalue weighted by Gasteiger charge is -2.11. The number of alkyl halides is 1. The van der Waals surface area contributed by atoms with Crippen molar-refractivity contribution < 1.29 is 0 Å². The van der Waals surface area contributed by atoms with Crippen LogP contribution in [0.5, 0.6) is 0 Å². The van der Waals surface area contributed by atoms with Crippen molar-refractivity contribution in [3.8, 4) is 11.3 Å². The first kappa shape index (κ1) is 12.4. The first-order valence-corrected chi connectivity index (χ1v) is 8.26. The molecule has 0 saturated heterocycles. The van der Waals surface area contributed by atoms with Crippen LogP contribution in [0.3, 0.4) is 0 Å². The highest BCUT2D eigenvalue weighted by Crippen LogP contribution is 2.35. The van der Waals surface area contributed by atoms with Gasteiger partial charge in [0.1, 0.15) is 0 Å². The van der Waals surface area contributed by atoms with Crippen molar-refractivity contribution >= 4 is 27.3 Å². The predicted molar refractivity (Wildman–Crippen MR) is 81.3 cm³/mol. The number of hydrogen-bond donors (Lipinski definition) is 0. The van der Waals surface area contributed by atoms with E-state index >= 15 is 0 Å². The molecule has 1 aromatic carbocycles. The van der Waals surface area contributed by atoms with Gasteiger partial charge in [0.15, 0.2) is 0 Å². The summed E-state index contributed by atoms with van der Waals surface area (Å²) in [6, 6.07) is 10.4. The quantitative estimate of drug-likeness (QED) is 0.731. The van der Waals surface area contributed by atoms with Gasteiger partial charge in [0.25, 0.3) is 0 Å². The van der Waals surface area contributed by atoms with Crippen molar-refractivity contribution in [2.24, 2.45) is 5.92 Å². The highest BCUT2D eigenvalue weighted by Gasteiger charge is 2.25. The van der Waals surface area contributed by atoms with Crippen LogP contribution < -0.4 is 0 Å². The van der Waals surface area contributed by atoms with Crippen molar-refractivity contribution in [1.82, 2.24) is 4.98 Å². The Kier molecular flexibility index (Phi) is 3.80. The SMILES string of the molecule is BrC1CCCC1Cc1nc(-c2ccccc2)cs1. The molecule has 1 nitrogen and oxygen atoms in total. The minimum atomic E-state index is 0.696. The van der Waals surface area contributed by atoms with Crippen molar-refractivity contribution in [3.63, 3.8) is 0 Å². The third-order valence-corrected chi connectivity index (χ3v) is 5.70. The van der Waals surface area contributed by atoms with Gasteiger partial charge in [-0.1, -0.05) is 52.7 Å². The number of nitrogens with zero attached hydrogens (tertiary/aromatic N) is 1. The van der Waals surface area contributed by atoms with E-state index in [1.165, 1.54) is 29.8 Å². The molecule has 1 saturated carbocycles. The molecule has 3 heteroatoms. The maximum absolute atomic E-state index is 4.78. The van der Waals surface area contributed by atoms with Crippen LogP contribution in [0, 0.1) is 5.92 Å². The molecule has 0 spiro atoms. The summed E-state index contributed by atoms with van der Waals surface area (Å²) in [7, 11) is 0. The van der Waals surface area contributed by atoms with Crippen LogP contribution >= 0.6 is 27.3 Å². The highest BCUT2D eigenvalue weighted by atomic mass is 79.9. The molecule has 18 heavy (non-hydrogen) atoms. The van der Waals surface area contributed by atoms with Crippen LogP contribution in [-0.4, -0.2) is 9.81 Å². The lowest BCUT2D eigenvalue weighted by atomic mass is 10.0. The molecule has 2 aromatic rings. The zero-order chi connectivity index (χ0) is 12.4. The van der Waals surface area contributed by atoms with Crippen molar-refractivity contribution in [2.75, 3.05) is 0 Å². The molecule has 0 N–H and O–H groups in total. The maximum atomic E-state index is 4.78. The lowest BCUT2D eigenvalue weighted by molar-refractivity contribution is 0.561. The van der Waals surface area contributed by atoms with E-state index in [1.807, 2.05) is 6.07 Å². The Morgan fingerprint density at radius 3 is 2.78 bits per heavy atom. The topological polar surface area (TPSA) is 12.9 Å². The van der Waals surface area contributed by atoms with Gasteiger partial charge in [0.05, 0.1) is 10.7 Å². The standard InChI is InChI=1S/C15H16BrNS/c16-13-8-4-7-12(13)9-15-17-14(10-18-15)11-5-2-1-3-6-11/h1-3,5-6,10,12-13H,4,7-9H2. The second kappa shape index (κ2) is 5.54. The zero-order valence-electron chi connectivity index (χ0n) is 10.2. The fourth-order valence-corrected chi connectivity index (χ4v) is 4.26. The number of hydrogen-bond acceptors (Lipinski definition) is 2. The normalized spacial score (nSPS) is 23.4. The van der Waals surface area contributed by atoms with Gasteiger partial charge in [0.2, 0.25) is 0 Å². The smallest absolute Gasteiger partial charge is 0.0935 e. The van der Waals surface area contributed by atoms with Gasteiger partial charge >= 0.3 is 0 Å². The number of rotatable bonds is 3. The zero-order valence-corrected chi connectivity index (χ0v) is 12.6. The Morgan fingerprint density at radius 1 is 1.22 bits per heavy atom. The second-order valence-electron chi connectivity index (χ2n) is 4.90. The van der Waals surface area contributed by atoms with E-state index in [4.69, 9.17) is 4.98 Å². The molecule has 94 valence electrons. The van der Waals surface area contributed by atoms with Gasteiger partial charge in [-0.15, -0.1) is 11.3 Å². The van der Waals surface area contributed by atoms with Gasteiger partial charge in [-0.3, -0.25) is 0 Å². The molecule has 3 rings (SSSR count). The summed E-state index contributed by atoms with van der Waals surface area (Å²) >= 11 is 5.59. The first-order valence-electron chi connectivity index (χ1n) is 6.47. The fourth-order valence-electron chi connectivity index (χ4n) is 2.59. The van der Waals surface area contributed by atoms with Crippen LogP contribution in [-0.2, 0) is 6.42 Å². The van der Waals surface area contributed by atoms with E-state index in [0.29, 0.717) is 4.83 Å². The molecule has 0 bridgehead atoms. The monoisotopic (exact) mass is 321 g/mol. The first-order chi connectivity index (χ1) is 8.83. The maximum Gasteiger partial charge on any atom is 0.0935 e. The number of thiazole rings is 1. The number of aromatic nitrogens is 1. The predicted octanol–water partition coefficient (Wildman–Crippen LogP) is 4.92. The summed E-state index contributed by atoms with van der Waals surface area (Å²) in [6.07, 6.45) is 5.16. The molecule has 1 aliphatic rings. The molecule has 1 aliphatic carbocycles. The molecular weight excluding hydrogens is 306 g/mol. The molecule has 1 aromatic heterocycles. The third-order valence-electron chi connectivity index (χ3n) is 3.62. The van der Waals surface area contributed by atoms with Crippen molar-refractivity contribution in [1.29, 1.82) is 0 Å². The summed E-state index contributed by atoms with van der Waals surface area (Å²) in [5.74, 6) is 0.778. The van der Waals surface area contributed by atoms with Gasteiger partial charge in [-0.25, -0.2) is 4.98 Å². The molecule has 0 aliphatic heterocycles. The Bertz CT molecular complexity index is 508. The summed E-state index contributed by atoms with van der Waals surface area (Å²) in [6.45, 7) is 0. The molecular formula is C15H16BrNS. The number of benzene rings is 1. The van der Waals surface area contributed by atoms with E-state index in [-0.39, 0.29) is 0 Å². The van der Waals surface area contributed by atoms with Crippen LogP contribution in [0.15, 0.2) is 35.7 Å². The molecule has 2 atom stereocenters. The highest BCUT2D eigenvalue weighted by molar-refractivity contribution is 9.09. The summed E-state index contributed by atoms with van der Waals surface area (Å²) in [5, 5.41) is 3.47. The Labute approximate surface area is 120 Å². The van der Waals surface area contributed by atoms with Crippen LogP contribution in [0.4, 0.5) is 0 Å². The second-order valence-corrected chi connectivity index (χ2v) is 7.02. The summed E-state index contributed by atoms with van der Waals surface area (Å²) < 4.78 is 0. The molecule has 0 radical (unpaired) electrons. The van der Waals surface area contributed by atoms with E-state index in [0.717, 1.165) is 18.0 Å². The summed E-state index contributed by atoms with van der Waals surface area (Å²) in [4.78, 5) is 5.47. The van der Waals surface area contributed by atoms with Crippen LogP contribution in [0.2, 0.25) is 0 Å². The van der Waals surface area contributed by atoms with Gasteiger partial charge < -0.3 is 0 Å². The largest absolute Gasteiger partial charge is 0.241 e. The lowest BCUT2D eigenvalue weighted by Crippen LogP contribution is -2.09. The number of halogens is 1. The fraction of sp³-hybridized carbons (Fsp3) is 0.400. The summed E-state index contributed by atoms with van der Waals surface area (Å²) in [5.41, 5.74) is 2.35. The average Bonchev–Trinajstić information content (AvgIpc) is 3.02. The van der Waals surface area contributed by atoms with E-state index in [9.17, 15) is 0 Å². The Balaban J connectivity index is 1.74. The van der Waals surface area contributed by atoms with Crippen LogP contribution in [0.25, 0.3) is 11.3 Å². The van der Waals surface area contributed by atoms with Crippen molar-refractivity contribution in [3.05, 3.63) is 40.7 Å². The van der Waals surface area contributed by atoms with Crippen molar-refractivity contribution in [2.45, 2.75) is 30.5 Å². The van der Waals surface area contributed by atoms with Gasteiger partial charge in [-0.05, 0) is 18.8 Å². The molecule has 0 amide bonds. The Hall–Kier alpha value is -0.670. The molecule has 2 unspecified atom stereocenters. The average molecular weight is 322 g/mol. The minimum absolute atomic E-state index is 0.696. The van der Waals surface area contributed by atoms with Gasteiger partial charge in [-0.2, -0.15) is 0 Å². The third kappa shape index (κ3) is 2.67. The van der Waals surface area contributed by atoms with E-state index < -0.39 is 0 Å². The molecule has 1 heterocycles.